The highest BCUT2D eigenvalue weighted by molar-refractivity contribution is 5.93. The van der Waals surface area contributed by atoms with Gasteiger partial charge in [-0.25, -0.2) is 0 Å². The van der Waals surface area contributed by atoms with Gasteiger partial charge >= 0.3 is 11.9 Å². The molecule has 0 aliphatic rings. The molecule has 0 spiro atoms. The van der Waals surface area contributed by atoms with E-state index in [0.717, 1.165) is 6.20 Å². The zero-order valence-corrected chi connectivity index (χ0v) is 24.8. The maximum atomic E-state index is 11.4. The lowest BCUT2D eigenvalue weighted by Crippen LogP contribution is -2.27. The number of esters is 2. The summed E-state index contributed by atoms with van der Waals surface area (Å²) in [6.45, 7) is 4.60. The first kappa shape index (κ1) is 36.6. The molecule has 0 aliphatic heterocycles. The highest BCUT2D eigenvalue weighted by Gasteiger charge is 2.17. The van der Waals surface area contributed by atoms with Crippen molar-refractivity contribution in [3.8, 4) is 0 Å². The predicted molar refractivity (Wildman–Crippen MR) is 159 cm³/mol. The Morgan fingerprint density at radius 1 is 0.977 bits per heavy atom. The third-order valence-corrected chi connectivity index (χ3v) is 5.25. The van der Waals surface area contributed by atoms with Crippen LogP contribution in [0.25, 0.3) is 21.8 Å². The number of fused-ring (bicyclic) bond motifs is 2. The van der Waals surface area contributed by atoms with Crippen LogP contribution in [0.5, 0.6) is 0 Å². The molecule has 2 heterocycles. The molecule has 0 atom stereocenters. The van der Waals surface area contributed by atoms with E-state index in [9.17, 15) is 39.9 Å². The Hall–Kier alpha value is -5.43. The molecule has 0 bridgehead atoms. The number of anilines is 1. The number of H-pyrrole nitrogens is 1. The lowest BCUT2D eigenvalue weighted by Gasteiger charge is -2.15. The van der Waals surface area contributed by atoms with Crippen LogP contribution in [0.4, 0.5) is 17.2 Å². The number of hydrogen-bond acceptors (Lipinski definition) is 14. The van der Waals surface area contributed by atoms with Crippen LogP contribution in [0, 0.1) is 30.3 Å². The van der Waals surface area contributed by atoms with E-state index in [1.807, 2.05) is 0 Å². The van der Waals surface area contributed by atoms with Crippen LogP contribution in [0.1, 0.15) is 13.8 Å². The second-order valence-electron chi connectivity index (χ2n) is 8.32. The Kier molecular flexibility index (Phi) is 14.6. The van der Waals surface area contributed by atoms with Crippen molar-refractivity contribution < 1.29 is 33.9 Å². The molecular weight excluding hydrogens is 610 g/mol. The minimum atomic E-state index is -0.716. The first-order valence-electron chi connectivity index (χ1n) is 12.5. The molecule has 0 radical (unpaired) electrons. The number of halogens is 1. The highest BCUT2D eigenvalue weighted by atomic mass is 35.5. The average molecular weight is 640 g/mol. The van der Waals surface area contributed by atoms with Crippen molar-refractivity contribution in [3.63, 3.8) is 0 Å². The first-order chi connectivity index (χ1) is 20.4. The lowest BCUT2D eigenvalue weighted by molar-refractivity contribution is -0.552. The quantitative estimate of drug-likeness (QED) is 0.144. The Morgan fingerprint density at radius 3 is 2.14 bits per heavy atom. The van der Waals surface area contributed by atoms with E-state index in [2.05, 4.69) is 25.3 Å². The second kappa shape index (κ2) is 17.5. The Balaban J connectivity index is 0.000000357. The van der Waals surface area contributed by atoms with Gasteiger partial charge in [-0.05, 0) is 33.0 Å². The molecule has 0 fully saturated rings. The Labute approximate surface area is 254 Å². The van der Waals surface area contributed by atoms with Crippen molar-refractivity contribution in [1.29, 1.82) is 0 Å². The molecule has 0 aliphatic carbocycles. The van der Waals surface area contributed by atoms with Crippen molar-refractivity contribution in [3.05, 3.63) is 72.9 Å². The number of carbonyl (C=O) groups is 2. The zero-order chi connectivity index (χ0) is 32.1. The van der Waals surface area contributed by atoms with Crippen LogP contribution in [-0.2, 0) is 19.1 Å². The number of carbonyl (C=O) groups excluding carboxylic acids is 2. The van der Waals surface area contributed by atoms with E-state index in [1.165, 1.54) is 30.3 Å². The van der Waals surface area contributed by atoms with Gasteiger partial charge in [0, 0.05) is 36.1 Å². The van der Waals surface area contributed by atoms with E-state index < -0.39 is 14.9 Å². The number of nitrogens with one attached hydrogen (secondary N) is 2. The van der Waals surface area contributed by atoms with Gasteiger partial charge in [-0.15, -0.1) is 12.4 Å². The van der Waals surface area contributed by atoms with Crippen LogP contribution < -0.4 is 10.2 Å². The SMILES string of the molecule is CCOC(=O)CN(C)c1n[nH]c2ccc([N+](=O)[O-])cc12.CCOC(=O)CNC.Cl.O=[N+]([O-])c1ccc2nn([N+](=O)[O-])cc2c1. The molecule has 44 heavy (non-hydrogen) atoms. The number of nitro groups is 3. The molecule has 0 saturated carbocycles. The Morgan fingerprint density at radius 2 is 1.57 bits per heavy atom. The van der Waals surface area contributed by atoms with Crippen LogP contribution in [-0.4, -0.2) is 87.3 Å². The van der Waals surface area contributed by atoms with Gasteiger partial charge in [0.15, 0.2) is 5.82 Å². The molecule has 2 aromatic heterocycles. The number of likely N-dealkylation sites (N-methyl/N-ethyl adjacent to an activating group) is 2. The number of ether oxygens (including phenoxy) is 2. The van der Waals surface area contributed by atoms with Gasteiger partial charge in [0.05, 0.1) is 56.0 Å². The maximum Gasteiger partial charge on any atom is 0.325 e. The van der Waals surface area contributed by atoms with E-state index in [0.29, 0.717) is 52.2 Å². The van der Waals surface area contributed by atoms with Gasteiger partial charge in [-0.1, -0.05) is 0 Å². The van der Waals surface area contributed by atoms with Crippen molar-refractivity contribution in [1.82, 2.24) is 25.4 Å². The van der Waals surface area contributed by atoms with Gasteiger partial charge in [0.1, 0.15) is 12.7 Å². The van der Waals surface area contributed by atoms with E-state index in [-0.39, 0.29) is 42.3 Å². The van der Waals surface area contributed by atoms with Crippen LogP contribution >= 0.6 is 12.4 Å². The van der Waals surface area contributed by atoms with Gasteiger partial charge in [-0.3, -0.25) is 34.9 Å². The molecule has 0 amide bonds. The summed E-state index contributed by atoms with van der Waals surface area (Å²) in [6.07, 6.45) is 1.13. The first-order valence-corrected chi connectivity index (χ1v) is 12.5. The summed E-state index contributed by atoms with van der Waals surface area (Å²) in [5.41, 5.74) is 0.869. The summed E-state index contributed by atoms with van der Waals surface area (Å²) in [5.74, 6) is -0.108. The molecule has 19 nitrogen and oxygen atoms in total. The normalized spacial score (nSPS) is 9.91. The summed E-state index contributed by atoms with van der Waals surface area (Å²) < 4.78 is 9.44. The number of rotatable bonds is 10. The monoisotopic (exact) mass is 639 g/mol. The standard InChI is InChI=1S/C12H14N4O4.C7H4N4O4.C5H11NO2.ClH/c1-3-20-11(17)7-15(2)12-9-6-8(16(18)19)4-5-10(9)13-14-12;12-10(13)6-1-2-7-5(3-6)4-9(8-7)11(14)15;1-3-8-5(7)4-6-2;/h4-6H,3,7H2,1-2H3,(H,13,14);1-4H;6H,3-4H2,1-2H3;1H. The number of benzene rings is 2. The summed E-state index contributed by atoms with van der Waals surface area (Å²) in [4.78, 5) is 54.5. The lowest BCUT2D eigenvalue weighted by atomic mass is 10.2. The topological polar surface area (TPSA) is 244 Å². The fraction of sp³-hybridized carbons (Fsp3) is 0.333. The number of aromatic nitrogens is 4. The summed E-state index contributed by atoms with van der Waals surface area (Å²) >= 11 is 0. The molecular formula is C24H30ClN9O10. The fourth-order valence-electron chi connectivity index (χ4n) is 3.42. The van der Waals surface area contributed by atoms with E-state index in [1.54, 1.807) is 38.9 Å². The van der Waals surface area contributed by atoms with Gasteiger partial charge in [-0.2, -0.15) is 5.10 Å². The summed E-state index contributed by atoms with van der Waals surface area (Å²) in [6, 6.07) is 8.27. The van der Waals surface area contributed by atoms with Crippen molar-refractivity contribution in [2.24, 2.45) is 0 Å². The largest absolute Gasteiger partial charge is 0.465 e. The Bertz CT molecular complexity index is 1590. The van der Waals surface area contributed by atoms with Crippen LogP contribution in [0.2, 0.25) is 0 Å². The molecule has 0 unspecified atom stereocenters. The molecule has 2 aromatic carbocycles. The zero-order valence-electron chi connectivity index (χ0n) is 24.0. The van der Waals surface area contributed by atoms with Gasteiger partial charge in [0.2, 0.25) is 5.52 Å². The average Bonchev–Trinajstić information content (AvgIpc) is 3.58. The van der Waals surface area contributed by atoms with Crippen molar-refractivity contribution in [2.45, 2.75) is 13.8 Å². The molecule has 0 saturated heterocycles. The predicted octanol–water partition coefficient (Wildman–Crippen LogP) is 2.65. The minimum Gasteiger partial charge on any atom is -0.465 e. The number of nitrogens with zero attached hydrogens (tertiary/aromatic N) is 7. The third kappa shape index (κ3) is 10.4. The van der Waals surface area contributed by atoms with Crippen LogP contribution in [0.3, 0.4) is 0 Å². The molecule has 4 aromatic rings. The third-order valence-electron chi connectivity index (χ3n) is 5.25. The molecule has 20 heteroatoms. The summed E-state index contributed by atoms with van der Waals surface area (Å²) in [5, 5.41) is 45.0. The smallest absolute Gasteiger partial charge is 0.325 e. The van der Waals surface area contributed by atoms with Gasteiger partial charge < -0.3 is 29.8 Å². The van der Waals surface area contributed by atoms with Gasteiger partial charge in [0.25, 0.3) is 11.4 Å². The second-order valence-corrected chi connectivity index (χ2v) is 8.32. The van der Waals surface area contributed by atoms with Crippen molar-refractivity contribution >= 4 is 63.3 Å². The molecule has 238 valence electrons. The molecule has 2 N–H and O–H groups in total. The summed E-state index contributed by atoms with van der Waals surface area (Å²) in [7, 11) is 3.38. The minimum absolute atomic E-state index is 0. The fourth-order valence-corrected chi connectivity index (χ4v) is 3.42. The number of non-ortho nitro benzene ring substituents is 2. The van der Waals surface area contributed by atoms with Crippen LogP contribution in [0.15, 0.2) is 42.6 Å². The number of aromatic amines is 1. The highest BCUT2D eigenvalue weighted by Crippen LogP contribution is 2.27. The number of hydrogen-bond donors (Lipinski definition) is 2. The van der Waals surface area contributed by atoms with E-state index in [4.69, 9.17) is 4.74 Å². The number of nitro benzene ring substituents is 2. The molecule has 4 rings (SSSR count). The maximum absolute atomic E-state index is 11.4. The van der Waals surface area contributed by atoms with E-state index >= 15 is 0 Å². The van der Waals surface area contributed by atoms with Crippen molar-refractivity contribution in [2.75, 3.05) is 45.3 Å².